The minimum Gasteiger partial charge on any atom is -0.337 e. The lowest BCUT2D eigenvalue weighted by Gasteiger charge is -2.32. The lowest BCUT2D eigenvalue weighted by Crippen LogP contribution is -3.20. The van der Waals surface area contributed by atoms with E-state index in [9.17, 15) is 13.2 Å². The van der Waals surface area contributed by atoms with Gasteiger partial charge in [0.2, 0.25) is 0 Å². The Balaban J connectivity index is 2.09. The molecule has 2 nitrogen and oxygen atoms in total. The second kappa shape index (κ2) is 6.72. The van der Waals surface area contributed by atoms with Gasteiger partial charge in [0.05, 0.1) is 5.56 Å². The molecule has 5 heteroatoms. The zero-order valence-corrected chi connectivity index (χ0v) is 12.8. The van der Waals surface area contributed by atoms with E-state index in [1.807, 2.05) is 30.3 Å². The van der Waals surface area contributed by atoms with Crippen molar-refractivity contribution in [2.24, 2.45) is 0 Å². The summed E-state index contributed by atoms with van der Waals surface area (Å²) in [5, 5.41) is 2.22. The van der Waals surface area contributed by atoms with Crippen molar-refractivity contribution in [1.82, 2.24) is 0 Å². The summed E-state index contributed by atoms with van der Waals surface area (Å²) in [6, 6.07) is 15.3. The molecule has 0 aliphatic carbocycles. The van der Waals surface area contributed by atoms with Crippen molar-refractivity contribution in [3.05, 3.63) is 71.3 Å². The van der Waals surface area contributed by atoms with E-state index >= 15 is 0 Å². The van der Waals surface area contributed by atoms with Crippen molar-refractivity contribution in [3.63, 3.8) is 0 Å². The predicted octanol–water partition coefficient (Wildman–Crippen LogP) is 1.26. The first-order valence-corrected chi connectivity index (χ1v) is 7.94. The number of benzene rings is 2. The monoisotopic (exact) mass is 322 g/mol. The van der Waals surface area contributed by atoms with Crippen LogP contribution in [0.5, 0.6) is 0 Å². The number of rotatable bonds is 3. The highest BCUT2D eigenvalue weighted by Crippen LogP contribution is 2.35. The second-order valence-electron chi connectivity index (χ2n) is 5.95. The fourth-order valence-corrected chi connectivity index (χ4v) is 3.42. The Morgan fingerprint density at radius 1 is 0.870 bits per heavy atom. The van der Waals surface area contributed by atoms with Gasteiger partial charge in [0.25, 0.3) is 0 Å². The molecule has 1 saturated heterocycles. The molecule has 0 unspecified atom stereocenters. The van der Waals surface area contributed by atoms with Crippen molar-refractivity contribution >= 4 is 0 Å². The Labute approximate surface area is 133 Å². The largest absolute Gasteiger partial charge is 0.416 e. The molecular formula is C18H21F3N2+2. The van der Waals surface area contributed by atoms with Gasteiger partial charge in [0.1, 0.15) is 32.2 Å². The lowest BCUT2D eigenvalue weighted by molar-refractivity contribution is -0.967. The van der Waals surface area contributed by atoms with Crippen LogP contribution in [-0.2, 0) is 6.18 Å². The second-order valence-corrected chi connectivity index (χ2v) is 5.95. The van der Waals surface area contributed by atoms with E-state index in [1.165, 1.54) is 17.0 Å². The minimum absolute atomic E-state index is 0.275. The predicted molar refractivity (Wildman–Crippen MR) is 82.1 cm³/mol. The van der Waals surface area contributed by atoms with Crippen LogP contribution in [0.15, 0.2) is 54.6 Å². The van der Waals surface area contributed by atoms with E-state index in [1.54, 1.807) is 12.1 Å². The van der Waals surface area contributed by atoms with Gasteiger partial charge in [-0.05, 0) is 6.07 Å². The van der Waals surface area contributed by atoms with Crippen molar-refractivity contribution in [1.29, 1.82) is 0 Å². The molecule has 1 aliphatic heterocycles. The molecule has 2 aromatic carbocycles. The Morgan fingerprint density at radius 2 is 1.48 bits per heavy atom. The van der Waals surface area contributed by atoms with Gasteiger partial charge in [-0.3, -0.25) is 0 Å². The number of nitrogens with two attached hydrogens (primary N) is 1. The summed E-state index contributed by atoms with van der Waals surface area (Å²) in [5.41, 5.74) is 0.806. The number of hydrogen-bond acceptors (Lipinski definition) is 0. The summed E-state index contributed by atoms with van der Waals surface area (Å²) in [4.78, 5) is 1.20. The third kappa shape index (κ3) is 3.57. The van der Waals surface area contributed by atoms with Crippen LogP contribution in [0.3, 0.4) is 0 Å². The number of alkyl halides is 3. The third-order valence-electron chi connectivity index (χ3n) is 4.46. The highest BCUT2D eigenvalue weighted by Gasteiger charge is 2.39. The first-order valence-electron chi connectivity index (χ1n) is 7.94. The van der Waals surface area contributed by atoms with Crippen molar-refractivity contribution in [2.45, 2.75) is 12.2 Å². The maximum atomic E-state index is 13.5. The number of nitrogens with one attached hydrogen (secondary N) is 1. The van der Waals surface area contributed by atoms with Crippen LogP contribution >= 0.6 is 0 Å². The van der Waals surface area contributed by atoms with Gasteiger partial charge in [-0.15, -0.1) is 0 Å². The molecule has 2 aromatic rings. The lowest BCUT2D eigenvalue weighted by atomic mass is 9.92. The molecule has 0 spiro atoms. The maximum Gasteiger partial charge on any atom is 0.416 e. The van der Waals surface area contributed by atoms with E-state index < -0.39 is 11.7 Å². The summed E-state index contributed by atoms with van der Waals surface area (Å²) in [5.74, 6) is 0. The molecule has 0 saturated carbocycles. The molecule has 0 amide bonds. The number of hydrogen-bond donors (Lipinski definition) is 2. The molecule has 1 atom stereocenters. The molecule has 1 fully saturated rings. The molecule has 23 heavy (non-hydrogen) atoms. The van der Waals surface area contributed by atoms with Gasteiger partial charge in [0, 0.05) is 11.1 Å². The molecule has 0 radical (unpaired) electrons. The quantitative estimate of drug-likeness (QED) is 0.849. The molecule has 3 rings (SSSR count). The Morgan fingerprint density at radius 3 is 2.13 bits per heavy atom. The number of halogens is 3. The molecule has 0 aromatic heterocycles. The van der Waals surface area contributed by atoms with Crippen LogP contribution in [0.1, 0.15) is 22.7 Å². The number of quaternary nitrogens is 2. The number of piperazine rings is 1. The Kier molecular flexibility index (Phi) is 4.68. The van der Waals surface area contributed by atoms with Crippen molar-refractivity contribution in [3.8, 4) is 0 Å². The van der Waals surface area contributed by atoms with E-state index in [0.29, 0.717) is 5.56 Å². The van der Waals surface area contributed by atoms with Gasteiger partial charge in [0.15, 0.2) is 0 Å². The maximum absolute atomic E-state index is 13.5. The molecule has 1 heterocycles. The van der Waals surface area contributed by atoms with Gasteiger partial charge in [-0.25, -0.2) is 0 Å². The van der Waals surface area contributed by atoms with E-state index in [0.717, 1.165) is 31.7 Å². The summed E-state index contributed by atoms with van der Waals surface area (Å²) in [6.45, 7) is 3.64. The Bertz CT molecular complexity index is 634. The fourth-order valence-electron chi connectivity index (χ4n) is 3.42. The highest BCUT2D eigenvalue weighted by atomic mass is 19.4. The van der Waals surface area contributed by atoms with Gasteiger partial charge >= 0.3 is 6.18 Å². The molecular weight excluding hydrogens is 301 g/mol. The van der Waals surface area contributed by atoms with Gasteiger partial charge in [-0.2, -0.15) is 13.2 Å². The minimum atomic E-state index is -4.33. The summed E-state index contributed by atoms with van der Waals surface area (Å²) in [7, 11) is 0. The normalized spacial score (nSPS) is 17.9. The molecule has 1 aliphatic rings. The topological polar surface area (TPSA) is 21.1 Å². The van der Waals surface area contributed by atoms with Crippen LogP contribution < -0.4 is 10.2 Å². The standard InChI is InChI=1S/C18H19F3N2/c19-18(20,21)16-9-5-4-8-15(16)17(14-6-2-1-3-7-14)23-12-10-22-11-13-23/h1-9,17,22H,10-13H2/p+2/t17-/m1/s1. The third-order valence-corrected chi connectivity index (χ3v) is 4.46. The SMILES string of the molecule is FC(F)(F)c1ccccc1[C@@H](c1ccccc1)[NH+]1CC[NH2+]CC1. The van der Waals surface area contributed by atoms with Crippen LogP contribution in [0.2, 0.25) is 0 Å². The Hall–Kier alpha value is -1.85. The first kappa shape index (κ1) is 16.0. The van der Waals surface area contributed by atoms with Crippen molar-refractivity contribution in [2.75, 3.05) is 26.2 Å². The van der Waals surface area contributed by atoms with Crippen molar-refractivity contribution < 1.29 is 23.4 Å². The van der Waals surface area contributed by atoms with Crippen LogP contribution in [-0.4, -0.2) is 26.2 Å². The zero-order chi connectivity index (χ0) is 16.3. The fraction of sp³-hybridized carbons (Fsp3) is 0.333. The van der Waals surface area contributed by atoms with E-state index in [2.05, 4.69) is 5.32 Å². The van der Waals surface area contributed by atoms with Crippen LogP contribution in [0.25, 0.3) is 0 Å². The van der Waals surface area contributed by atoms with E-state index in [-0.39, 0.29) is 6.04 Å². The highest BCUT2D eigenvalue weighted by molar-refractivity contribution is 5.37. The van der Waals surface area contributed by atoms with Crippen LogP contribution in [0, 0.1) is 0 Å². The average Bonchev–Trinajstić information content (AvgIpc) is 2.57. The smallest absolute Gasteiger partial charge is 0.337 e. The first-order chi connectivity index (χ1) is 11.1. The van der Waals surface area contributed by atoms with E-state index in [4.69, 9.17) is 0 Å². The summed E-state index contributed by atoms with van der Waals surface area (Å²) < 4.78 is 40.4. The molecule has 3 N–H and O–H groups in total. The summed E-state index contributed by atoms with van der Waals surface area (Å²) in [6.07, 6.45) is -4.33. The molecule has 122 valence electrons. The van der Waals surface area contributed by atoms with Gasteiger partial charge in [-0.1, -0.05) is 48.5 Å². The summed E-state index contributed by atoms with van der Waals surface area (Å²) >= 11 is 0. The average molecular weight is 322 g/mol. The zero-order valence-electron chi connectivity index (χ0n) is 12.8. The molecule has 0 bridgehead atoms. The van der Waals surface area contributed by atoms with Crippen LogP contribution in [0.4, 0.5) is 13.2 Å². The van der Waals surface area contributed by atoms with Gasteiger partial charge < -0.3 is 10.2 Å².